The Morgan fingerprint density at radius 2 is 2.25 bits per heavy atom. The average molecular weight is 373 g/mol. The van der Waals surface area contributed by atoms with Crippen molar-refractivity contribution in [2.75, 3.05) is 6.61 Å². The van der Waals surface area contributed by atoms with E-state index in [1.165, 1.54) is 10.4 Å². The van der Waals surface area contributed by atoms with Crippen LogP contribution in [-0.2, 0) is 0 Å². The van der Waals surface area contributed by atoms with Crippen molar-refractivity contribution < 1.29 is 4.74 Å². The monoisotopic (exact) mass is 371 g/mol. The van der Waals surface area contributed by atoms with Crippen molar-refractivity contribution in [3.05, 3.63) is 49.6 Å². The van der Waals surface area contributed by atoms with Crippen molar-refractivity contribution >= 4 is 38.9 Å². The van der Waals surface area contributed by atoms with Gasteiger partial charge in [-0.2, -0.15) is 0 Å². The van der Waals surface area contributed by atoms with Crippen LogP contribution in [0.25, 0.3) is 0 Å². The minimum absolute atomic E-state index is 0.280. The zero-order valence-corrected chi connectivity index (χ0v) is 14.2. The molecule has 1 N–H and O–H groups in total. The molecule has 20 heavy (non-hydrogen) atoms. The molecular formula is C15H15BrClNOS. The normalized spacial score (nSPS) is 19.2. The Balaban J connectivity index is 1.80. The van der Waals surface area contributed by atoms with Gasteiger partial charge in [-0.05, 0) is 37.3 Å². The number of benzene rings is 1. The van der Waals surface area contributed by atoms with Gasteiger partial charge in [-0.25, -0.2) is 0 Å². The molecule has 0 amide bonds. The Morgan fingerprint density at radius 3 is 3.00 bits per heavy atom. The van der Waals surface area contributed by atoms with Crippen LogP contribution >= 0.6 is 38.9 Å². The third kappa shape index (κ3) is 3.03. The minimum atomic E-state index is 0.280. The molecule has 1 aromatic carbocycles. The molecule has 1 aliphatic heterocycles. The number of fused-ring (bicyclic) bond motifs is 1. The van der Waals surface area contributed by atoms with Gasteiger partial charge in [0.25, 0.3) is 0 Å². The molecular weight excluding hydrogens is 358 g/mol. The number of hydrogen-bond acceptors (Lipinski definition) is 3. The van der Waals surface area contributed by atoms with Gasteiger partial charge in [0.15, 0.2) is 0 Å². The molecule has 1 aromatic heterocycles. The Kier molecular flexibility index (Phi) is 4.36. The second kappa shape index (κ2) is 6.06. The quantitative estimate of drug-likeness (QED) is 0.785. The summed E-state index contributed by atoms with van der Waals surface area (Å²) < 4.78 is 7.64. The van der Waals surface area contributed by atoms with Crippen LogP contribution in [0.4, 0.5) is 0 Å². The summed E-state index contributed by atoms with van der Waals surface area (Å²) in [5.41, 5.74) is 1.22. The van der Waals surface area contributed by atoms with E-state index < -0.39 is 0 Å². The van der Waals surface area contributed by atoms with Crippen molar-refractivity contribution in [2.24, 2.45) is 0 Å². The van der Waals surface area contributed by atoms with Crippen molar-refractivity contribution in [2.45, 2.75) is 25.4 Å². The Morgan fingerprint density at radius 1 is 1.40 bits per heavy atom. The lowest BCUT2D eigenvalue weighted by atomic mass is 9.99. The molecule has 2 heterocycles. The highest BCUT2D eigenvalue weighted by atomic mass is 79.9. The van der Waals surface area contributed by atoms with Crippen LogP contribution in [0.3, 0.4) is 0 Å². The Labute approximate surface area is 136 Å². The molecule has 0 bridgehead atoms. The topological polar surface area (TPSA) is 21.3 Å². The van der Waals surface area contributed by atoms with Crippen LogP contribution in [0.2, 0.25) is 4.34 Å². The van der Waals surface area contributed by atoms with Gasteiger partial charge in [-0.3, -0.25) is 0 Å². The molecule has 2 aromatic rings. The summed E-state index contributed by atoms with van der Waals surface area (Å²) in [4.78, 5) is 1.26. The molecule has 106 valence electrons. The van der Waals surface area contributed by atoms with Gasteiger partial charge >= 0.3 is 0 Å². The van der Waals surface area contributed by atoms with Crippen LogP contribution in [0.1, 0.15) is 35.9 Å². The second-order valence-electron chi connectivity index (χ2n) is 4.90. The largest absolute Gasteiger partial charge is 0.493 e. The van der Waals surface area contributed by atoms with Gasteiger partial charge in [0.1, 0.15) is 5.75 Å². The summed E-state index contributed by atoms with van der Waals surface area (Å²) in [5, 5.41) is 3.68. The van der Waals surface area contributed by atoms with Gasteiger partial charge in [-0.1, -0.05) is 27.5 Å². The fourth-order valence-electron chi connectivity index (χ4n) is 2.48. The van der Waals surface area contributed by atoms with Crippen LogP contribution in [0.15, 0.2) is 34.8 Å². The molecule has 1 aliphatic rings. The molecule has 3 rings (SSSR count). The highest BCUT2D eigenvalue weighted by Gasteiger charge is 2.23. The fourth-order valence-corrected chi connectivity index (χ4v) is 3.93. The third-order valence-corrected chi connectivity index (χ3v) is 5.39. The molecule has 0 aliphatic carbocycles. The molecule has 5 heteroatoms. The van der Waals surface area contributed by atoms with Crippen LogP contribution in [-0.4, -0.2) is 6.61 Å². The molecule has 0 saturated heterocycles. The number of halogens is 2. The van der Waals surface area contributed by atoms with E-state index in [0.717, 1.165) is 27.6 Å². The highest BCUT2D eigenvalue weighted by molar-refractivity contribution is 9.10. The van der Waals surface area contributed by atoms with Crippen molar-refractivity contribution in [3.8, 4) is 5.75 Å². The van der Waals surface area contributed by atoms with Crippen LogP contribution in [0, 0.1) is 0 Å². The van der Waals surface area contributed by atoms with E-state index in [2.05, 4.69) is 40.3 Å². The summed E-state index contributed by atoms with van der Waals surface area (Å²) >= 11 is 11.2. The highest BCUT2D eigenvalue weighted by Crippen LogP contribution is 2.36. The molecule has 0 spiro atoms. The van der Waals surface area contributed by atoms with Crippen LogP contribution < -0.4 is 10.1 Å². The van der Waals surface area contributed by atoms with E-state index in [0.29, 0.717) is 6.04 Å². The molecule has 0 radical (unpaired) electrons. The molecule has 0 saturated carbocycles. The van der Waals surface area contributed by atoms with Gasteiger partial charge in [0.05, 0.1) is 10.9 Å². The van der Waals surface area contributed by atoms with Gasteiger partial charge in [0, 0.05) is 33.4 Å². The molecule has 0 fully saturated rings. The molecule has 2 nitrogen and oxygen atoms in total. The predicted octanol–water partition coefficient (Wildman–Crippen LogP) is 5.34. The first-order valence-electron chi connectivity index (χ1n) is 6.57. The average Bonchev–Trinajstić information content (AvgIpc) is 2.86. The lowest BCUT2D eigenvalue weighted by molar-refractivity contribution is 0.246. The van der Waals surface area contributed by atoms with Crippen molar-refractivity contribution in [1.29, 1.82) is 0 Å². The second-order valence-corrected chi connectivity index (χ2v) is 7.56. The first kappa shape index (κ1) is 14.4. The number of thiophene rings is 1. The van der Waals surface area contributed by atoms with E-state index in [9.17, 15) is 0 Å². The third-order valence-electron chi connectivity index (χ3n) is 3.48. The Hall–Kier alpha value is -0.550. The summed E-state index contributed by atoms with van der Waals surface area (Å²) in [5.74, 6) is 0.980. The number of ether oxygens (including phenoxy) is 1. The molecule has 2 unspecified atom stereocenters. The smallest absolute Gasteiger partial charge is 0.124 e. The van der Waals surface area contributed by atoms with E-state index in [4.69, 9.17) is 16.3 Å². The lowest BCUT2D eigenvalue weighted by Gasteiger charge is -2.29. The number of nitrogens with one attached hydrogen (secondary N) is 1. The standard InChI is InChI=1S/C15H15BrClNOS/c1-9(14-4-5-15(17)20-14)18-12-6-7-19-13-3-2-10(16)8-11(12)13/h2-5,8-9,12,18H,6-7H2,1H3. The lowest BCUT2D eigenvalue weighted by Crippen LogP contribution is -2.29. The predicted molar refractivity (Wildman–Crippen MR) is 87.9 cm³/mol. The summed E-state index contributed by atoms with van der Waals surface area (Å²) in [6, 6.07) is 10.8. The van der Waals surface area contributed by atoms with Gasteiger partial charge in [0.2, 0.25) is 0 Å². The summed E-state index contributed by atoms with van der Waals surface area (Å²) in [7, 11) is 0. The summed E-state index contributed by atoms with van der Waals surface area (Å²) in [6.45, 7) is 2.93. The van der Waals surface area contributed by atoms with E-state index >= 15 is 0 Å². The zero-order chi connectivity index (χ0) is 14.1. The zero-order valence-electron chi connectivity index (χ0n) is 11.0. The first-order valence-corrected chi connectivity index (χ1v) is 8.56. The Bertz CT molecular complexity index is 616. The number of rotatable bonds is 3. The van der Waals surface area contributed by atoms with E-state index in [1.807, 2.05) is 18.2 Å². The van der Waals surface area contributed by atoms with Gasteiger partial charge < -0.3 is 10.1 Å². The minimum Gasteiger partial charge on any atom is -0.493 e. The maximum atomic E-state index is 6.01. The van der Waals surface area contributed by atoms with E-state index in [-0.39, 0.29) is 6.04 Å². The number of hydrogen-bond donors (Lipinski definition) is 1. The van der Waals surface area contributed by atoms with E-state index in [1.54, 1.807) is 11.3 Å². The van der Waals surface area contributed by atoms with Gasteiger partial charge in [-0.15, -0.1) is 11.3 Å². The maximum Gasteiger partial charge on any atom is 0.124 e. The van der Waals surface area contributed by atoms with Crippen molar-refractivity contribution in [3.63, 3.8) is 0 Å². The first-order chi connectivity index (χ1) is 9.63. The van der Waals surface area contributed by atoms with Crippen molar-refractivity contribution in [1.82, 2.24) is 5.32 Å². The fraction of sp³-hybridized carbons (Fsp3) is 0.333. The SMILES string of the molecule is CC(NC1CCOc2ccc(Br)cc21)c1ccc(Cl)s1. The molecule has 2 atom stereocenters. The maximum absolute atomic E-state index is 6.01. The van der Waals surface area contributed by atoms with Crippen LogP contribution in [0.5, 0.6) is 5.75 Å². The summed E-state index contributed by atoms with van der Waals surface area (Å²) in [6.07, 6.45) is 0.979.